The van der Waals surface area contributed by atoms with Gasteiger partial charge in [-0.15, -0.1) is 0 Å². The van der Waals surface area contributed by atoms with Gasteiger partial charge < -0.3 is 15.7 Å². The second-order valence-electron chi connectivity index (χ2n) is 7.34. The van der Waals surface area contributed by atoms with Crippen molar-refractivity contribution in [2.45, 2.75) is 50.0 Å². The van der Waals surface area contributed by atoms with Crippen LogP contribution in [0.25, 0.3) is 0 Å². The van der Waals surface area contributed by atoms with Crippen LogP contribution >= 0.6 is 11.8 Å². The Morgan fingerprint density at radius 2 is 1.72 bits per heavy atom. The molecule has 29 heavy (non-hydrogen) atoms. The van der Waals surface area contributed by atoms with Gasteiger partial charge in [0, 0.05) is 16.9 Å². The van der Waals surface area contributed by atoms with E-state index in [0.717, 1.165) is 37.4 Å². The summed E-state index contributed by atoms with van der Waals surface area (Å²) in [4.78, 5) is 21.3. The standard InChI is InChI=1S/C18H26N2OS.C2HF3O2/c1-13-12-16(8-11-22-13)18(21)20-17-4-2-14(3-5-17)15-6-9-19-10-7-15;3-2(4,5)1(6)7/h2-5,13,15-16,19H,6-12H2,1H3,(H,20,21);(H,6,7). The fraction of sp³-hybridized carbons (Fsp3) is 0.600. The predicted molar refractivity (Wildman–Crippen MR) is 108 cm³/mol. The van der Waals surface area contributed by atoms with Gasteiger partial charge in [0.15, 0.2) is 0 Å². The second-order valence-corrected chi connectivity index (χ2v) is 8.89. The Morgan fingerprint density at radius 3 is 2.24 bits per heavy atom. The molecule has 2 unspecified atom stereocenters. The lowest BCUT2D eigenvalue weighted by molar-refractivity contribution is -0.192. The van der Waals surface area contributed by atoms with Crippen LogP contribution in [0.1, 0.15) is 44.1 Å². The minimum atomic E-state index is -5.08. The number of carbonyl (C=O) groups is 2. The number of alkyl halides is 3. The van der Waals surface area contributed by atoms with Crippen LogP contribution in [0.2, 0.25) is 0 Å². The largest absolute Gasteiger partial charge is 0.490 e. The summed E-state index contributed by atoms with van der Waals surface area (Å²) in [5.41, 5.74) is 2.34. The Labute approximate surface area is 172 Å². The zero-order valence-electron chi connectivity index (χ0n) is 16.3. The van der Waals surface area contributed by atoms with Gasteiger partial charge in [-0.3, -0.25) is 4.79 Å². The van der Waals surface area contributed by atoms with Crippen LogP contribution in [0.5, 0.6) is 0 Å². The summed E-state index contributed by atoms with van der Waals surface area (Å²) in [5.74, 6) is -0.606. The summed E-state index contributed by atoms with van der Waals surface area (Å²) in [6.07, 6.45) is -0.648. The van der Waals surface area contributed by atoms with Crippen molar-refractivity contribution >= 4 is 29.3 Å². The van der Waals surface area contributed by atoms with Gasteiger partial charge in [0.1, 0.15) is 0 Å². The summed E-state index contributed by atoms with van der Waals surface area (Å²) >= 11 is 1.98. The molecule has 0 aromatic heterocycles. The molecule has 0 spiro atoms. The van der Waals surface area contributed by atoms with Gasteiger partial charge in [0.05, 0.1) is 0 Å². The van der Waals surface area contributed by atoms with E-state index in [9.17, 15) is 18.0 Å². The minimum absolute atomic E-state index is 0.181. The molecule has 2 heterocycles. The fourth-order valence-corrected chi connectivity index (χ4v) is 4.67. The number of amides is 1. The molecule has 1 aromatic carbocycles. The predicted octanol–water partition coefficient (Wildman–Crippen LogP) is 4.26. The average Bonchev–Trinajstić information content (AvgIpc) is 2.69. The van der Waals surface area contributed by atoms with Crippen LogP contribution in [-0.2, 0) is 9.59 Å². The van der Waals surface area contributed by atoms with E-state index in [-0.39, 0.29) is 11.8 Å². The molecule has 1 aromatic rings. The number of thioether (sulfide) groups is 1. The SMILES string of the molecule is CC1CC(C(=O)Nc2ccc(C3CCNCC3)cc2)CCS1.O=C(O)C(F)(F)F. The van der Waals surface area contributed by atoms with E-state index in [1.165, 1.54) is 18.4 Å². The first-order chi connectivity index (χ1) is 13.7. The smallest absolute Gasteiger partial charge is 0.475 e. The van der Waals surface area contributed by atoms with Gasteiger partial charge in [-0.05, 0) is 68.1 Å². The Bertz CT molecular complexity index is 677. The summed E-state index contributed by atoms with van der Waals surface area (Å²) in [6, 6.07) is 8.50. The number of piperidine rings is 1. The molecule has 162 valence electrons. The number of carbonyl (C=O) groups excluding carboxylic acids is 1. The number of hydrogen-bond donors (Lipinski definition) is 3. The van der Waals surface area contributed by atoms with Crippen molar-refractivity contribution in [3.63, 3.8) is 0 Å². The lowest BCUT2D eigenvalue weighted by atomic mass is 9.90. The van der Waals surface area contributed by atoms with E-state index in [1.807, 2.05) is 11.8 Å². The molecule has 0 aliphatic carbocycles. The molecular formula is C20H27F3N2O3S. The highest BCUT2D eigenvalue weighted by molar-refractivity contribution is 7.99. The first-order valence-electron chi connectivity index (χ1n) is 9.70. The maximum absolute atomic E-state index is 12.4. The van der Waals surface area contributed by atoms with E-state index in [0.29, 0.717) is 11.2 Å². The number of carboxylic acids is 1. The fourth-order valence-electron chi connectivity index (χ4n) is 3.47. The molecule has 1 amide bonds. The van der Waals surface area contributed by atoms with Crippen molar-refractivity contribution < 1.29 is 27.9 Å². The molecule has 2 aliphatic rings. The number of rotatable bonds is 3. The Hall–Kier alpha value is -1.74. The molecule has 0 saturated carbocycles. The van der Waals surface area contributed by atoms with E-state index in [4.69, 9.17) is 9.90 Å². The van der Waals surface area contributed by atoms with Crippen molar-refractivity contribution in [2.75, 3.05) is 24.2 Å². The van der Waals surface area contributed by atoms with Crippen molar-refractivity contribution in [3.8, 4) is 0 Å². The Kier molecular flexibility index (Phi) is 8.82. The third-order valence-electron chi connectivity index (χ3n) is 5.09. The van der Waals surface area contributed by atoms with Crippen LogP contribution in [0.3, 0.4) is 0 Å². The van der Waals surface area contributed by atoms with E-state index >= 15 is 0 Å². The maximum Gasteiger partial charge on any atom is 0.490 e. The number of carboxylic acid groups (broad SMARTS) is 1. The number of hydrogen-bond acceptors (Lipinski definition) is 4. The van der Waals surface area contributed by atoms with Crippen LogP contribution in [-0.4, -0.2) is 47.3 Å². The highest BCUT2D eigenvalue weighted by Gasteiger charge is 2.38. The number of aliphatic carboxylic acids is 1. The molecule has 5 nitrogen and oxygen atoms in total. The number of benzene rings is 1. The van der Waals surface area contributed by atoms with E-state index in [1.54, 1.807) is 0 Å². The van der Waals surface area contributed by atoms with E-state index < -0.39 is 12.1 Å². The highest BCUT2D eigenvalue weighted by Crippen LogP contribution is 2.30. The molecule has 3 rings (SSSR count). The van der Waals surface area contributed by atoms with Gasteiger partial charge in [-0.2, -0.15) is 24.9 Å². The topological polar surface area (TPSA) is 78.4 Å². The summed E-state index contributed by atoms with van der Waals surface area (Å²) < 4.78 is 31.7. The molecule has 2 atom stereocenters. The third kappa shape index (κ3) is 7.89. The maximum atomic E-state index is 12.4. The highest BCUT2D eigenvalue weighted by atomic mass is 32.2. The van der Waals surface area contributed by atoms with Gasteiger partial charge >= 0.3 is 12.1 Å². The lowest BCUT2D eigenvalue weighted by Crippen LogP contribution is -2.28. The van der Waals surface area contributed by atoms with Gasteiger partial charge in [-0.25, -0.2) is 4.79 Å². The number of anilines is 1. The summed E-state index contributed by atoms with van der Waals surface area (Å²) in [7, 11) is 0. The minimum Gasteiger partial charge on any atom is -0.475 e. The molecule has 0 bridgehead atoms. The van der Waals surface area contributed by atoms with Gasteiger partial charge in [0.2, 0.25) is 5.91 Å². The van der Waals surface area contributed by atoms with Crippen LogP contribution in [0, 0.1) is 5.92 Å². The Balaban J connectivity index is 0.000000370. The summed E-state index contributed by atoms with van der Waals surface area (Å²) in [5, 5.41) is 14.2. The van der Waals surface area contributed by atoms with Crippen molar-refractivity contribution in [2.24, 2.45) is 5.92 Å². The Morgan fingerprint density at radius 1 is 1.14 bits per heavy atom. The first kappa shape index (κ1) is 23.5. The average molecular weight is 433 g/mol. The van der Waals surface area contributed by atoms with Gasteiger partial charge in [-0.1, -0.05) is 19.1 Å². The molecule has 3 N–H and O–H groups in total. The van der Waals surface area contributed by atoms with Crippen molar-refractivity contribution in [3.05, 3.63) is 29.8 Å². The zero-order valence-corrected chi connectivity index (χ0v) is 17.1. The molecule has 2 saturated heterocycles. The lowest BCUT2D eigenvalue weighted by Gasteiger charge is -2.25. The monoisotopic (exact) mass is 432 g/mol. The first-order valence-corrected chi connectivity index (χ1v) is 10.7. The molecule has 2 fully saturated rings. The normalized spacial score (nSPS) is 22.9. The van der Waals surface area contributed by atoms with Crippen LogP contribution < -0.4 is 10.6 Å². The van der Waals surface area contributed by atoms with Crippen molar-refractivity contribution in [1.82, 2.24) is 5.32 Å². The molecule has 9 heteroatoms. The third-order valence-corrected chi connectivity index (χ3v) is 6.32. The molecule has 0 radical (unpaired) electrons. The zero-order chi connectivity index (χ0) is 21.4. The second kappa shape index (κ2) is 10.9. The van der Waals surface area contributed by atoms with Gasteiger partial charge in [0.25, 0.3) is 0 Å². The van der Waals surface area contributed by atoms with Crippen LogP contribution in [0.15, 0.2) is 24.3 Å². The van der Waals surface area contributed by atoms with E-state index in [2.05, 4.69) is 41.8 Å². The number of halogens is 3. The number of nitrogens with one attached hydrogen (secondary N) is 2. The quantitative estimate of drug-likeness (QED) is 0.665. The van der Waals surface area contributed by atoms with Crippen molar-refractivity contribution in [1.29, 1.82) is 0 Å². The summed E-state index contributed by atoms with van der Waals surface area (Å²) in [6.45, 7) is 4.44. The molecular weight excluding hydrogens is 405 g/mol. The molecule has 2 aliphatic heterocycles. The van der Waals surface area contributed by atoms with Crippen LogP contribution in [0.4, 0.5) is 18.9 Å².